The van der Waals surface area contributed by atoms with E-state index < -0.39 is 0 Å². The van der Waals surface area contributed by atoms with Gasteiger partial charge in [0.05, 0.1) is 6.54 Å². The SMILES string of the molecule is CNC(=O)c1ccc(CNC(=O)CNC(=O)c2cccc(Cl)c2)cc1. The standard InChI is InChI=1S/C18H18ClN3O3/c1-20-17(24)13-7-5-12(6-8-13)10-21-16(23)11-22-18(25)14-3-2-4-15(19)9-14/h2-9H,10-11H2,1H3,(H,20,24)(H,21,23)(H,22,25). The van der Waals surface area contributed by atoms with Gasteiger partial charge in [-0.15, -0.1) is 0 Å². The second-order valence-electron chi connectivity index (χ2n) is 5.25. The lowest BCUT2D eigenvalue weighted by Crippen LogP contribution is -2.36. The van der Waals surface area contributed by atoms with Gasteiger partial charge >= 0.3 is 0 Å². The maximum Gasteiger partial charge on any atom is 0.251 e. The largest absolute Gasteiger partial charge is 0.355 e. The third-order valence-electron chi connectivity index (χ3n) is 3.43. The van der Waals surface area contributed by atoms with Crippen LogP contribution in [0.15, 0.2) is 48.5 Å². The number of carbonyl (C=O) groups is 3. The molecule has 0 aromatic heterocycles. The molecule has 0 aliphatic heterocycles. The van der Waals surface area contributed by atoms with E-state index >= 15 is 0 Å². The molecule has 0 aliphatic rings. The zero-order valence-electron chi connectivity index (χ0n) is 13.6. The number of halogens is 1. The summed E-state index contributed by atoms with van der Waals surface area (Å²) in [6.45, 7) is 0.168. The molecule has 3 N–H and O–H groups in total. The molecule has 0 spiro atoms. The predicted molar refractivity (Wildman–Crippen MR) is 95.5 cm³/mol. The Morgan fingerprint density at radius 3 is 2.28 bits per heavy atom. The maximum absolute atomic E-state index is 11.9. The van der Waals surface area contributed by atoms with Crippen molar-refractivity contribution in [3.8, 4) is 0 Å². The second kappa shape index (κ2) is 8.84. The van der Waals surface area contributed by atoms with Gasteiger partial charge in [-0.3, -0.25) is 14.4 Å². The molecule has 0 saturated heterocycles. The number of hydrogen-bond acceptors (Lipinski definition) is 3. The van der Waals surface area contributed by atoms with Gasteiger partial charge in [0.15, 0.2) is 0 Å². The van der Waals surface area contributed by atoms with Crippen molar-refractivity contribution >= 4 is 29.3 Å². The fraction of sp³-hybridized carbons (Fsp3) is 0.167. The van der Waals surface area contributed by atoms with E-state index in [-0.39, 0.29) is 24.3 Å². The lowest BCUT2D eigenvalue weighted by Gasteiger charge is -2.08. The molecule has 0 heterocycles. The zero-order chi connectivity index (χ0) is 18.2. The molecule has 0 saturated carbocycles. The molecular weight excluding hydrogens is 342 g/mol. The van der Waals surface area contributed by atoms with Crippen LogP contribution in [0, 0.1) is 0 Å². The van der Waals surface area contributed by atoms with E-state index in [1.165, 1.54) is 6.07 Å². The molecule has 0 radical (unpaired) electrons. The minimum absolute atomic E-state index is 0.137. The van der Waals surface area contributed by atoms with Crippen molar-refractivity contribution in [1.29, 1.82) is 0 Å². The Bertz CT molecular complexity index is 775. The average Bonchev–Trinajstić information content (AvgIpc) is 2.64. The van der Waals surface area contributed by atoms with Crippen molar-refractivity contribution in [2.75, 3.05) is 13.6 Å². The van der Waals surface area contributed by atoms with Crippen LogP contribution in [0.2, 0.25) is 5.02 Å². The first-order valence-electron chi connectivity index (χ1n) is 7.61. The highest BCUT2D eigenvalue weighted by molar-refractivity contribution is 6.30. The van der Waals surface area contributed by atoms with Crippen molar-refractivity contribution in [2.24, 2.45) is 0 Å². The van der Waals surface area contributed by atoms with Gasteiger partial charge in [-0.2, -0.15) is 0 Å². The topological polar surface area (TPSA) is 87.3 Å². The smallest absolute Gasteiger partial charge is 0.251 e. The van der Waals surface area contributed by atoms with Crippen LogP contribution in [0.3, 0.4) is 0 Å². The van der Waals surface area contributed by atoms with E-state index in [2.05, 4.69) is 16.0 Å². The Morgan fingerprint density at radius 2 is 1.64 bits per heavy atom. The van der Waals surface area contributed by atoms with Crippen LogP contribution in [0.1, 0.15) is 26.3 Å². The van der Waals surface area contributed by atoms with Crippen molar-refractivity contribution in [3.63, 3.8) is 0 Å². The minimum Gasteiger partial charge on any atom is -0.355 e. The van der Waals surface area contributed by atoms with Crippen LogP contribution in [0.25, 0.3) is 0 Å². The highest BCUT2D eigenvalue weighted by Gasteiger charge is 2.08. The van der Waals surface area contributed by atoms with Gasteiger partial charge in [0, 0.05) is 29.7 Å². The predicted octanol–water partition coefficient (Wildman–Crippen LogP) is 1.75. The molecule has 0 atom stereocenters. The number of hydrogen-bond donors (Lipinski definition) is 3. The summed E-state index contributed by atoms with van der Waals surface area (Å²) in [4.78, 5) is 35.2. The van der Waals surface area contributed by atoms with Crippen LogP contribution in [0.4, 0.5) is 0 Å². The van der Waals surface area contributed by atoms with Gasteiger partial charge < -0.3 is 16.0 Å². The Hall–Kier alpha value is -2.86. The fourth-order valence-electron chi connectivity index (χ4n) is 2.07. The lowest BCUT2D eigenvalue weighted by atomic mass is 10.1. The van der Waals surface area contributed by atoms with E-state index in [1.807, 2.05) is 0 Å². The molecule has 2 rings (SSSR count). The summed E-state index contributed by atoms with van der Waals surface area (Å²) in [6.07, 6.45) is 0. The minimum atomic E-state index is -0.368. The second-order valence-corrected chi connectivity index (χ2v) is 5.68. The molecule has 0 aliphatic carbocycles. The highest BCUT2D eigenvalue weighted by Crippen LogP contribution is 2.10. The van der Waals surface area contributed by atoms with E-state index in [0.717, 1.165) is 5.56 Å². The molecule has 0 unspecified atom stereocenters. The summed E-state index contributed by atoms with van der Waals surface area (Å²) in [5, 5.41) is 8.22. The van der Waals surface area contributed by atoms with Crippen LogP contribution in [-0.4, -0.2) is 31.3 Å². The van der Waals surface area contributed by atoms with Crippen LogP contribution in [0.5, 0.6) is 0 Å². The quantitative estimate of drug-likeness (QED) is 0.734. The summed E-state index contributed by atoms with van der Waals surface area (Å²) in [6, 6.07) is 13.4. The summed E-state index contributed by atoms with van der Waals surface area (Å²) in [7, 11) is 1.56. The number of benzene rings is 2. The normalized spacial score (nSPS) is 10.0. The molecule has 6 nitrogen and oxygen atoms in total. The molecular formula is C18H18ClN3O3. The van der Waals surface area contributed by atoms with Crippen molar-refractivity contribution < 1.29 is 14.4 Å². The number of amides is 3. The van der Waals surface area contributed by atoms with E-state index in [4.69, 9.17) is 11.6 Å². The van der Waals surface area contributed by atoms with Crippen molar-refractivity contribution in [3.05, 3.63) is 70.2 Å². The van der Waals surface area contributed by atoms with Crippen LogP contribution >= 0.6 is 11.6 Å². The summed E-state index contributed by atoms with van der Waals surface area (Å²) in [5.74, 6) is -0.849. The number of rotatable bonds is 6. The lowest BCUT2D eigenvalue weighted by molar-refractivity contribution is -0.120. The molecule has 2 aromatic carbocycles. The van der Waals surface area contributed by atoms with Gasteiger partial charge in [-0.25, -0.2) is 0 Å². The molecule has 0 bridgehead atoms. The third kappa shape index (κ3) is 5.61. The van der Waals surface area contributed by atoms with Crippen molar-refractivity contribution in [1.82, 2.24) is 16.0 Å². The Morgan fingerprint density at radius 1 is 0.920 bits per heavy atom. The molecule has 2 aromatic rings. The zero-order valence-corrected chi connectivity index (χ0v) is 14.4. The first-order valence-corrected chi connectivity index (χ1v) is 7.99. The molecule has 0 fully saturated rings. The molecule has 130 valence electrons. The Labute approximate surface area is 150 Å². The number of nitrogens with one attached hydrogen (secondary N) is 3. The van der Waals surface area contributed by atoms with Crippen molar-refractivity contribution in [2.45, 2.75) is 6.54 Å². The van der Waals surface area contributed by atoms with Gasteiger partial charge in [-0.05, 0) is 35.9 Å². The first-order chi connectivity index (χ1) is 12.0. The van der Waals surface area contributed by atoms with E-state index in [1.54, 1.807) is 49.5 Å². The maximum atomic E-state index is 11.9. The summed E-state index contributed by atoms with van der Waals surface area (Å²) < 4.78 is 0. The highest BCUT2D eigenvalue weighted by atomic mass is 35.5. The summed E-state index contributed by atoms with van der Waals surface area (Å²) in [5.41, 5.74) is 1.79. The first kappa shape index (κ1) is 18.5. The van der Waals surface area contributed by atoms with E-state index in [0.29, 0.717) is 22.7 Å². The Kier molecular flexibility index (Phi) is 6.54. The molecule has 3 amide bonds. The summed E-state index contributed by atoms with van der Waals surface area (Å²) >= 11 is 5.82. The average molecular weight is 360 g/mol. The molecule has 7 heteroatoms. The van der Waals surface area contributed by atoms with Gasteiger partial charge in [0.2, 0.25) is 5.91 Å². The van der Waals surface area contributed by atoms with Gasteiger partial charge in [-0.1, -0.05) is 29.8 Å². The fourth-order valence-corrected chi connectivity index (χ4v) is 2.26. The van der Waals surface area contributed by atoms with Crippen LogP contribution < -0.4 is 16.0 Å². The number of carbonyl (C=O) groups excluding carboxylic acids is 3. The van der Waals surface area contributed by atoms with Gasteiger partial charge in [0.1, 0.15) is 0 Å². The van der Waals surface area contributed by atoms with E-state index in [9.17, 15) is 14.4 Å². The van der Waals surface area contributed by atoms with Crippen LogP contribution in [-0.2, 0) is 11.3 Å². The monoisotopic (exact) mass is 359 g/mol. The van der Waals surface area contributed by atoms with Gasteiger partial charge in [0.25, 0.3) is 11.8 Å². The third-order valence-corrected chi connectivity index (χ3v) is 3.66. The Balaban J connectivity index is 1.79. The molecule has 25 heavy (non-hydrogen) atoms.